The number of methoxy groups -OCH3 is 1. The summed E-state index contributed by atoms with van der Waals surface area (Å²) in [7, 11) is 1.71. The number of hydrogen-bond acceptors (Lipinski definition) is 5. The molecule has 0 spiro atoms. The summed E-state index contributed by atoms with van der Waals surface area (Å²) in [6.07, 6.45) is 5.86. The van der Waals surface area contributed by atoms with Gasteiger partial charge in [-0.1, -0.05) is 30.3 Å². The van der Waals surface area contributed by atoms with Crippen molar-refractivity contribution >= 4 is 24.8 Å². The predicted molar refractivity (Wildman–Crippen MR) is 129 cm³/mol. The molecule has 31 heavy (non-hydrogen) atoms. The van der Waals surface area contributed by atoms with Crippen LogP contribution in [-0.4, -0.2) is 35.1 Å². The SMILES string of the molecule is COc1ccc(-c2ncccn2)cc1CN[C@H]1CCCN[C@H]1c1ccccc1.Cl.Cl.O. The topological polar surface area (TPSA) is 90.6 Å². The van der Waals surface area contributed by atoms with Crippen LogP contribution in [0.15, 0.2) is 67.0 Å². The highest BCUT2D eigenvalue weighted by Crippen LogP contribution is 2.27. The van der Waals surface area contributed by atoms with Gasteiger partial charge in [0.2, 0.25) is 0 Å². The van der Waals surface area contributed by atoms with Crippen molar-refractivity contribution < 1.29 is 10.2 Å². The average molecular weight is 465 g/mol. The van der Waals surface area contributed by atoms with Crippen LogP contribution in [-0.2, 0) is 6.54 Å². The van der Waals surface area contributed by atoms with E-state index in [0.29, 0.717) is 12.1 Å². The second kappa shape index (κ2) is 13.2. The molecule has 1 aliphatic rings. The molecule has 2 aromatic carbocycles. The van der Waals surface area contributed by atoms with E-state index in [1.807, 2.05) is 18.2 Å². The molecule has 1 saturated heterocycles. The Hall–Kier alpha value is -2.22. The maximum atomic E-state index is 5.59. The normalized spacial score (nSPS) is 17.5. The zero-order valence-electron chi connectivity index (χ0n) is 17.5. The Labute approximate surface area is 196 Å². The van der Waals surface area contributed by atoms with Crippen molar-refractivity contribution in [2.75, 3.05) is 13.7 Å². The van der Waals surface area contributed by atoms with Gasteiger partial charge in [-0.2, -0.15) is 0 Å². The van der Waals surface area contributed by atoms with Crippen LogP contribution in [0.25, 0.3) is 11.4 Å². The van der Waals surface area contributed by atoms with Gasteiger partial charge >= 0.3 is 0 Å². The lowest BCUT2D eigenvalue weighted by atomic mass is 9.92. The van der Waals surface area contributed by atoms with Gasteiger partial charge in [-0.05, 0) is 49.2 Å². The molecule has 0 radical (unpaired) electrons. The van der Waals surface area contributed by atoms with Crippen LogP contribution in [0.2, 0.25) is 0 Å². The number of piperidine rings is 1. The Morgan fingerprint density at radius 1 is 1.03 bits per heavy atom. The predicted octanol–water partition coefficient (Wildman–Crippen LogP) is 3.75. The lowest BCUT2D eigenvalue weighted by molar-refractivity contribution is 0.303. The molecule has 6 nitrogen and oxygen atoms in total. The van der Waals surface area contributed by atoms with Gasteiger partial charge in [0.25, 0.3) is 0 Å². The number of rotatable bonds is 6. The van der Waals surface area contributed by atoms with Crippen molar-refractivity contribution in [2.24, 2.45) is 0 Å². The summed E-state index contributed by atoms with van der Waals surface area (Å²) >= 11 is 0. The molecule has 1 aliphatic heterocycles. The summed E-state index contributed by atoms with van der Waals surface area (Å²) in [5, 5.41) is 7.43. The highest BCUT2D eigenvalue weighted by atomic mass is 35.5. The van der Waals surface area contributed by atoms with Crippen molar-refractivity contribution in [1.29, 1.82) is 0 Å². The number of aromatic nitrogens is 2. The molecule has 2 heterocycles. The van der Waals surface area contributed by atoms with Crippen LogP contribution in [0.4, 0.5) is 0 Å². The van der Waals surface area contributed by atoms with E-state index in [0.717, 1.165) is 42.2 Å². The number of benzene rings is 2. The minimum absolute atomic E-state index is 0. The maximum absolute atomic E-state index is 5.59. The second-order valence-corrected chi connectivity index (χ2v) is 7.07. The van der Waals surface area contributed by atoms with E-state index in [1.165, 1.54) is 12.0 Å². The van der Waals surface area contributed by atoms with E-state index in [-0.39, 0.29) is 30.3 Å². The highest BCUT2D eigenvalue weighted by molar-refractivity contribution is 5.85. The molecule has 3 aromatic rings. The summed E-state index contributed by atoms with van der Waals surface area (Å²) in [5.74, 6) is 1.61. The summed E-state index contributed by atoms with van der Waals surface area (Å²) in [5.41, 5.74) is 3.45. The van der Waals surface area contributed by atoms with E-state index >= 15 is 0 Å². The lowest BCUT2D eigenvalue weighted by Gasteiger charge is -2.34. The molecule has 0 bridgehead atoms. The molecule has 8 heteroatoms. The molecular formula is C23H30Cl2N4O2. The number of ether oxygens (including phenoxy) is 1. The van der Waals surface area contributed by atoms with Gasteiger partial charge in [0.15, 0.2) is 5.82 Å². The van der Waals surface area contributed by atoms with E-state index < -0.39 is 0 Å². The summed E-state index contributed by atoms with van der Waals surface area (Å²) < 4.78 is 5.59. The van der Waals surface area contributed by atoms with Crippen molar-refractivity contribution in [3.8, 4) is 17.1 Å². The minimum atomic E-state index is 0. The van der Waals surface area contributed by atoms with Crippen LogP contribution in [0.5, 0.6) is 5.75 Å². The van der Waals surface area contributed by atoms with Crippen molar-refractivity contribution in [1.82, 2.24) is 20.6 Å². The first-order valence-corrected chi connectivity index (χ1v) is 9.81. The van der Waals surface area contributed by atoms with Crippen LogP contribution in [0, 0.1) is 0 Å². The van der Waals surface area contributed by atoms with Crippen LogP contribution in [0.1, 0.15) is 30.0 Å². The smallest absolute Gasteiger partial charge is 0.159 e. The third kappa shape index (κ3) is 6.63. The van der Waals surface area contributed by atoms with Crippen molar-refractivity contribution in [3.05, 3.63) is 78.1 Å². The van der Waals surface area contributed by atoms with Crippen molar-refractivity contribution in [2.45, 2.75) is 31.5 Å². The molecule has 1 fully saturated rings. The number of hydrogen-bond donors (Lipinski definition) is 2. The Morgan fingerprint density at radius 2 is 1.77 bits per heavy atom. The first kappa shape index (κ1) is 26.8. The van der Waals surface area contributed by atoms with Gasteiger partial charge in [0.1, 0.15) is 5.75 Å². The molecule has 0 saturated carbocycles. The zero-order valence-corrected chi connectivity index (χ0v) is 19.1. The molecule has 2 atom stereocenters. The zero-order chi connectivity index (χ0) is 19.2. The maximum Gasteiger partial charge on any atom is 0.159 e. The van der Waals surface area contributed by atoms with E-state index in [2.05, 4.69) is 57.0 Å². The second-order valence-electron chi connectivity index (χ2n) is 7.07. The lowest BCUT2D eigenvalue weighted by Crippen LogP contribution is -2.45. The fourth-order valence-corrected chi connectivity index (χ4v) is 3.86. The molecule has 4 N–H and O–H groups in total. The molecule has 0 aliphatic carbocycles. The fraction of sp³-hybridized carbons (Fsp3) is 0.304. The van der Waals surface area contributed by atoms with Gasteiger partial charge in [0, 0.05) is 42.1 Å². The van der Waals surface area contributed by atoms with Crippen LogP contribution in [0.3, 0.4) is 0 Å². The van der Waals surface area contributed by atoms with Gasteiger partial charge in [0.05, 0.1) is 7.11 Å². The third-order valence-corrected chi connectivity index (χ3v) is 5.28. The standard InChI is InChI=1S/C23H26N4O.2ClH.H2O/c1-28-21-11-10-18(23-25-13-6-14-26-23)15-19(21)16-27-20-9-5-12-24-22(20)17-7-3-2-4-8-17;;;/h2-4,6-8,10-11,13-15,20,22,24,27H,5,9,12,16H2,1H3;2*1H;1H2/t20-,22-;;;/m0.../s1. The number of halogens is 2. The Kier molecular flexibility index (Phi) is 11.5. The first-order chi connectivity index (χ1) is 13.8. The van der Waals surface area contributed by atoms with Gasteiger partial charge in [-0.25, -0.2) is 9.97 Å². The molecule has 0 amide bonds. The highest BCUT2D eigenvalue weighted by Gasteiger charge is 2.25. The van der Waals surface area contributed by atoms with E-state index in [4.69, 9.17) is 4.74 Å². The van der Waals surface area contributed by atoms with Crippen LogP contribution < -0.4 is 15.4 Å². The molecule has 168 valence electrons. The Morgan fingerprint density at radius 3 is 2.48 bits per heavy atom. The number of nitrogens with one attached hydrogen (secondary N) is 2. The summed E-state index contributed by atoms with van der Waals surface area (Å²) in [4.78, 5) is 8.73. The first-order valence-electron chi connectivity index (χ1n) is 9.81. The minimum Gasteiger partial charge on any atom is -0.496 e. The van der Waals surface area contributed by atoms with Crippen LogP contribution >= 0.6 is 24.8 Å². The van der Waals surface area contributed by atoms with Crippen molar-refractivity contribution in [3.63, 3.8) is 0 Å². The summed E-state index contributed by atoms with van der Waals surface area (Å²) in [6.45, 7) is 1.79. The number of nitrogens with zero attached hydrogens (tertiary/aromatic N) is 2. The van der Waals surface area contributed by atoms with E-state index in [1.54, 1.807) is 19.5 Å². The molecule has 1 aromatic heterocycles. The monoisotopic (exact) mass is 464 g/mol. The van der Waals surface area contributed by atoms with E-state index in [9.17, 15) is 0 Å². The Balaban J connectivity index is 0.00000160. The third-order valence-electron chi connectivity index (χ3n) is 5.28. The molecule has 4 rings (SSSR count). The largest absolute Gasteiger partial charge is 0.496 e. The molecular weight excluding hydrogens is 435 g/mol. The molecule has 0 unspecified atom stereocenters. The van der Waals surface area contributed by atoms with Gasteiger partial charge in [-0.3, -0.25) is 0 Å². The Bertz CT molecular complexity index is 901. The summed E-state index contributed by atoms with van der Waals surface area (Å²) in [6, 6.07) is 19.3. The van der Waals surface area contributed by atoms with Gasteiger partial charge in [-0.15, -0.1) is 24.8 Å². The fourth-order valence-electron chi connectivity index (χ4n) is 3.86. The van der Waals surface area contributed by atoms with Gasteiger partial charge < -0.3 is 20.8 Å². The quantitative estimate of drug-likeness (QED) is 0.579. The average Bonchev–Trinajstić information content (AvgIpc) is 2.79.